The van der Waals surface area contributed by atoms with E-state index in [2.05, 4.69) is 19.9 Å². The molecule has 4 heteroatoms. The van der Waals surface area contributed by atoms with E-state index in [4.69, 9.17) is 17.3 Å². The van der Waals surface area contributed by atoms with E-state index in [1.54, 1.807) is 11.3 Å². The minimum absolute atomic E-state index is 0.412. The van der Waals surface area contributed by atoms with Gasteiger partial charge in [0.25, 0.3) is 0 Å². The van der Waals surface area contributed by atoms with Crippen molar-refractivity contribution in [1.29, 1.82) is 0 Å². The first-order valence-corrected chi connectivity index (χ1v) is 6.94. The fourth-order valence-electron chi connectivity index (χ4n) is 1.08. The highest BCUT2D eigenvalue weighted by Gasteiger charge is 2.12. The van der Waals surface area contributed by atoms with Crippen LogP contribution in [-0.2, 0) is 0 Å². The van der Waals surface area contributed by atoms with Crippen molar-refractivity contribution >= 4 is 34.7 Å². The van der Waals surface area contributed by atoms with Gasteiger partial charge in [0, 0.05) is 11.4 Å². The van der Waals surface area contributed by atoms with Gasteiger partial charge in [0.1, 0.15) is 0 Å². The van der Waals surface area contributed by atoms with E-state index in [1.165, 1.54) is 4.88 Å². The van der Waals surface area contributed by atoms with E-state index in [0.29, 0.717) is 17.7 Å². The van der Waals surface area contributed by atoms with Crippen LogP contribution >= 0.6 is 34.7 Å². The highest BCUT2D eigenvalue weighted by Crippen LogP contribution is 2.35. The van der Waals surface area contributed by atoms with Gasteiger partial charge >= 0.3 is 0 Å². The SMILES string of the molecule is CC(C)CSC(CN)c1ccc(Cl)s1. The summed E-state index contributed by atoms with van der Waals surface area (Å²) in [4.78, 5) is 1.29. The smallest absolute Gasteiger partial charge is 0.0931 e. The van der Waals surface area contributed by atoms with Crippen molar-refractivity contribution in [1.82, 2.24) is 0 Å². The van der Waals surface area contributed by atoms with Gasteiger partial charge in [-0.3, -0.25) is 0 Å². The van der Waals surface area contributed by atoms with Crippen molar-refractivity contribution in [2.24, 2.45) is 11.7 Å². The molecule has 14 heavy (non-hydrogen) atoms. The third kappa shape index (κ3) is 3.81. The first kappa shape index (κ1) is 12.4. The standard InChI is InChI=1S/C10H16ClNS2/c1-7(2)6-13-9(5-12)8-3-4-10(11)14-8/h3-4,7,9H,5-6,12H2,1-2H3. The van der Waals surface area contributed by atoms with E-state index < -0.39 is 0 Å². The second-order valence-corrected chi connectivity index (χ2v) is 6.58. The molecule has 0 amide bonds. The molecule has 1 unspecified atom stereocenters. The van der Waals surface area contributed by atoms with Gasteiger partial charge in [-0.05, 0) is 23.8 Å². The van der Waals surface area contributed by atoms with Crippen molar-refractivity contribution < 1.29 is 0 Å². The lowest BCUT2D eigenvalue weighted by molar-refractivity contribution is 0.747. The lowest BCUT2D eigenvalue weighted by atomic mass is 10.3. The molecule has 80 valence electrons. The maximum Gasteiger partial charge on any atom is 0.0931 e. The summed E-state index contributed by atoms with van der Waals surface area (Å²) in [7, 11) is 0. The molecule has 0 aromatic carbocycles. The van der Waals surface area contributed by atoms with Crippen LogP contribution in [0.15, 0.2) is 12.1 Å². The lowest BCUT2D eigenvalue weighted by Gasteiger charge is -2.13. The Bertz CT molecular complexity index is 273. The third-order valence-electron chi connectivity index (χ3n) is 1.76. The molecule has 0 spiro atoms. The Balaban J connectivity index is 2.54. The highest BCUT2D eigenvalue weighted by molar-refractivity contribution is 7.99. The molecule has 1 rings (SSSR count). The molecular formula is C10H16ClNS2. The zero-order chi connectivity index (χ0) is 10.6. The normalized spacial score (nSPS) is 13.5. The van der Waals surface area contributed by atoms with Crippen LogP contribution in [0.1, 0.15) is 24.0 Å². The van der Waals surface area contributed by atoms with E-state index in [9.17, 15) is 0 Å². The molecule has 0 radical (unpaired) electrons. The van der Waals surface area contributed by atoms with E-state index in [1.807, 2.05) is 17.8 Å². The zero-order valence-electron chi connectivity index (χ0n) is 8.50. The molecule has 0 aliphatic rings. The largest absolute Gasteiger partial charge is 0.329 e. The maximum absolute atomic E-state index is 5.89. The van der Waals surface area contributed by atoms with Crippen molar-refractivity contribution in [2.45, 2.75) is 19.1 Å². The molecule has 0 fully saturated rings. The first-order chi connectivity index (χ1) is 6.63. The quantitative estimate of drug-likeness (QED) is 0.859. The predicted octanol–water partition coefficient (Wildman–Crippen LogP) is 3.79. The van der Waals surface area contributed by atoms with Crippen LogP contribution in [0.5, 0.6) is 0 Å². The third-order valence-corrected chi connectivity index (χ3v) is 4.96. The van der Waals surface area contributed by atoms with Gasteiger partial charge in [0.15, 0.2) is 0 Å². The Morgan fingerprint density at radius 2 is 2.21 bits per heavy atom. The fraction of sp³-hybridized carbons (Fsp3) is 0.600. The van der Waals surface area contributed by atoms with Crippen LogP contribution in [0.25, 0.3) is 0 Å². The number of nitrogens with two attached hydrogens (primary N) is 1. The first-order valence-electron chi connectivity index (χ1n) is 4.70. The average molecular weight is 250 g/mol. The number of rotatable bonds is 5. The summed E-state index contributed by atoms with van der Waals surface area (Å²) in [5, 5.41) is 0.412. The average Bonchev–Trinajstić information content (AvgIpc) is 2.53. The molecule has 0 aliphatic carbocycles. The van der Waals surface area contributed by atoms with Crippen LogP contribution < -0.4 is 5.73 Å². The summed E-state index contributed by atoms with van der Waals surface area (Å²) in [5.74, 6) is 1.86. The zero-order valence-corrected chi connectivity index (χ0v) is 10.9. The van der Waals surface area contributed by atoms with Gasteiger partial charge < -0.3 is 5.73 Å². The Morgan fingerprint density at radius 3 is 2.64 bits per heavy atom. The van der Waals surface area contributed by atoms with Gasteiger partial charge in [-0.2, -0.15) is 11.8 Å². The van der Waals surface area contributed by atoms with Crippen LogP contribution in [0, 0.1) is 5.92 Å². The highest BCUT2D eigenvalue weighted by atomic mass is 35.5. The molecule has 1 heterocycles. The summed E-state index contributed by atoms with van der Waals surface area (Å²) in [6.07, 6.45) is 0. The van der Waals surface area contributed by atoms with Crippen LogP contribution in [0.4, 0.5) is 0 Å². The monoisotopic (exact) mass is 249 g/mol. The van der Waals surface area contributed by atoms with Crippen molar-refractivity contribution in [2.75, 3.05) is 12.3 Å². The van der Waals surface area contributed by atoms with Crippen LogP contribution in [0.2, 0.25) is 4.34 Å². The Morgan fingerprint density at radius 1 is 1.50 bits per heavy atom. The predicted molar refractivity (Wildman–Crippen MR) is 68.4 cm³/mol. The minimum atomic E-state index is 0.412. The fourth-order valence-corrected chi connectivity index (χ4v) is 3.48. The molecule has 1 nitrogen and oxygen atoms in total. The van der Waals surface area contributed by atoms with Gasteiger partial charge in [0.05, 0.1) is 9.59 Å². The molecule has 0 aliphatic heterocycles. The van der Waals surface area contributed by atoms with E-state index in [-0.39, 0.29) is 0 Å². The number of hydrogen-bond donors (Lipinski definition) is 1. The number of hydrogen-bond acceptors (Lipinski definition) is 3. The molecular weight excluding hydrogens is 234 g/mol. The Kier molecular flexibility index (Phi) is 5.31. The molecule has 0 saturated carbocycles. The summed E-state index contributed by atoms with van der Waals surface area (Å²) in [5.41, 5.74) is 5.74. The van der Waals surface area contributed by atoms with Gasteiger partial charge in [-0.1, -0.05) is 25.4 Å². The van der Waals surface area contributed by atoms with Gasteiger partial charge in [-0.15, -0.1) is 11.3 Å². The Labute approximate surface area is 99.0 Å². The molecule has 1 aromatic rings. The van der Waals surface area contributed by atoms with Gasteiger partial charge in [0.2, 0.25) is 0 Å². The summed E-state index contributed by atoms with van der Waals surface area (Å²) < 4.78 is 0.851. The summed E-state index contributed by atoms with van der Waals surface area (Å²) in [6, 6.07) is 4.03. The van der Waals surface area contributed by atoms with Crippen molar-refractivity contribution in [3.05, 3.63) is 21.3 Å². The second kappa shape index (κ2) is 6.01. The van der Waals surface area contributed by atoms with Crippen LogP contribution in [-0.4, -0.2) is 12.3 Å². The molecule has 0 bridgehead atoms. The van der Waals surface area contributed by atoms with E-state index >= 15 is 0 Å². The number of thioether (sulfide) groups is 1. The molecule has 2 N–H and O–H groups in total. The molecule has 1 atom stereocenters. The number of thiophene rings is 1. The minimum Gasteiger partial charge on any atom is -0.329 e. The Hall–Kier alpha value is 0.300. The topological polar surface area (TPSA) is 26.0 Å². The van der Waals surface area contributed by atoms with Crippen molar-refractivity contribution in [3.63, 3.8) is 0 Å². The summed E-state index contributed by atoms with van der Waals surface area (Å²) >= 11 is 9.45. The second-order valence-electron chi connectivity index (χ2n) is 3.59. The molecule has 0 saturated heterocycles. The van der Waals surface area contributed by atoms with Crippen LogP contribution in [0.3, 0.4) is 0 Å². The molecule has 1 aromatic heterocycles. The number of halogens is 1. The van der Waals surface area contributed by atoms with Gasteiger partial charge in [-0.25, -0.2) is 0 Å². The van der Waals surface area contributed by atoms with Crippen molar-refractivity contribution in [3.8, 4) is 0 Å². The lowest BCUT2D eigenvalue weighted by Crippen LogP contribution is -2.09. The maximum atomic E-state index is 5.89. The van der Waals surface area contributed by atoms with E-state index in [0.717, 1.165) is 10.1 Å². The summed E-state index contributed by atoms with van der Waals surface area (Å²) in [6.45, 7) is 5.14.